The number of halogens is 1. The molecule has 2 aromatic carbocycles. The van der Waals surface area contributed by atoms with Gasteiger partial charge in [0.25, 0.3) is 5.91 Å². The highest BCUT2D eigenvalue weighted by Crippen LogP contribution is 2.25. The fourth-order valence-corrected chi connectivity index (χ4v) is 3.45. The minimum Gasteiger partial charge on any atom is -0.408 e. The van der Waals surface area contributed by atoms with Gasteiger partial charge in [0, 0.05) is 23.6 Å². The molecule has 0 unspecified atom stereocenters. The lowest BCUT2D eigenvalue weighted by Crippen LogP contribution is -2.22. The first-order valence-corrected chi connectivity index (χ1v) is 8.97. The number of fused-ring (bicyclic) bond motifs is 1. The second-order valence-corrected chi connectivity index (χ2v) is 6.87. The Hall–Kier alpha value is -3.26. The number of rotatable bonds is 4. The lowest BCUT2D eigenvalue weighted by atomic mass is 10.1. The van der Waals surface area contributed by atoms with Crippen molar-refractivity contribution in [3.63, 3.8) is 0 Å². The van der Waals surface area contributed by atoms with Crippen molar-refractivity contribution in [3.8, 4) is 11.3 Å². The number of hydrogen-bond donors (Lipinski definition) is 1. The third-order valence-corrected chi connectivity index (χ3v) is 4.98. The van der Waals surface area contributed by atoms with Gasteiger partial charge in [-0.1, -0.05) is 12.1 Å². The van der Waals surface area contributed by atoms with Crippen molar-refractivity contribution in [1.29, 1.82) is 0 Å². The first kappa shape index (κ1) is 17.2. The molecule has 8 heteroatoms. The van der Waals surface area contributed by atoms with Crippen LogP contribution in [0.25, 0.3) is 22.4 Å². The highest BCUT2D eigenvalue weighted by molar-refractivity contribution is 7.09. The molecule has 6 nitrogen and oxygen atoms in total. The molecule has 4 aromatic rings. The van der Waals surface area contributed by atoms with Gasteiger partial charge in [-0.15, -0.1) is 11.3 Å². The number of aryl methyl sites for hydroxylation is 1. The van der Waals surface area contributed by atoms with Crippen LogP contribution in [0, 0.1) is 5.82 Å². The molecule has 0 aliphatic heterocycles. The van der Waals surface area contributed by atoms with E-state index in [1.54, 1.807) is 25.2 Å². The van der Waals surface area contributed by atoms with Crippen LogP contribution in [-0.4, -0.2) is 15.5 Å². The zero-order valence-electron chi connectivity index (χ0n) is 14.2. The first-order chi connectivity index (χ1) is 13.0. The van der Waals surface area contributed by atoms with Crippen LogP contribution in [0.4, 0.5) is 4.39 Å². The smallest absolute Gasteiger partial charge is 0.408 e. The molecule has 0 aliphatic rings. The molecular weight excluding hydrogens is 369 g/mol. The number of amides is 1. The molecule has 0 atom stereocenters. The van der Waals surface area contributed by atoms with E-state index in [4.69, 9.17) is 4.42 Å². The van der Waals surface area contributed by atoms with Crippen molar-refractivity contribution >= 4 is 28.3 Å². The number of benzene rings is 2. The maximum atomic E-state index is 13.2. The largest absolute Gasteiger partial charge is 0.419 e. The van der Waals surface area contributed by atoms with Crippen molar-refractivity contribution in [1.82, 2.24) is 14.9 Å². The van der Waals surface area contributed by atoms with Gasteiger partial charge in [-0.25, -0.2) is 14.2 Å². The molecule has 1 amide bonds. The fraction of sp³-hybridized carbons (Fsp3) is 0.105. The van der Waals surface area contributed by atoms with Gasteiger partial charge in [0.2, 0.25) is 0 Å². The van der Waals surface area contributed by atoms with E-state index >= 15 is 0 Å². The van der Waals surface area contributed by atoms with Crippen LogP contribution in [0.15, 0.2) is 57.1 Å². The van der Waals surface area contributed by atoms with Crippen LogP contribution in [0.1, 0.15) is 15.4 Å². The SMILES string of the molecule is Cn1c(=O)oc2cc(-c3csc(CNC(=O)c4cccc(F)c4)n3)ccc21. The maximum Gasteiger partial charge on any atom is 0.419 e. The van der Waals surface area contributed by atoms with Gasteiger partial charge in [0.15, 0.2) is 5.58 Å². The van der Waals surface area contributed by atoms with Crippen molar-refractivity contribution in [2.45, 2.75) is 6.54 Å². The predicted octanol–water partition coefficient (Wildman–Crippen LogP) is 3.32. The van der Waals surface area contributed by atoms with Crippen molar-refractivity contribution in [2.75, 3.05) is 0 Å². The summed E-state index contributed by atoms with van der Waals surface area (Å²) >= 11 is 1.40. The van der Waals surface area contributed by atoms with Crippen LogP contribution in [0.2, 0.25) is 0 Å². The molecule has 0 saturated carbocycles. The van der Waals surface area contributed by atoms with Gasteiger partial charge < -0.3 is 9.73 Å². The lowest BCUT2D eigenvalue weighted by molar-refractivity contribution is 0.0950. The standard InChI is InChI=1S/C19H14FN3O3S/c1-23-15-6-5-11(8-16(15)26-19(23)25)14-10-27-17(22-14)9-21-18(24)12-3-2-4-13(20)7-12/h2-8,10H,9H2,1H3,(H,21,24). The molecule has 0 aliphatic carbocycles. The molecule has 0 fully saturated rings. The summed E-state index contributed by atoms with van der Waals surface area (Å²) in [6, 6.07) is 10.9. The normalized spacial score (nSPS) is 11.0. The minimum atomic E-state index is -0.456. The monoisotopic (exact) mass is 383 g/mol. The second kappa shape index (κ2) is 6.81. The van der Waals surface area contributed by atoms with Crippen molar-refractivity contribution in [3.05, 3.63) is 74.8 Å². The summed E-state index contributed by atoms with van der Waals surface area (Å²) in [5.41, 5.74) is 3.01. The molecule has 0 radical (unpaired) electrons. The van der Waals surface area contributed by atoms with E-state index in [-0.39, 0.29) is 18.0 Å². The third-order valence-electron chi connectivity index (χ3n) is 4.13. The zero-order chi connectivity index (χ0) is 19.0. The summed E-state index contributed by atoms with van der Waals surface area (Å²) < 4.78 is 19.8. The Bertz CT molecular complexity index is 1210. The molecule has 4 rings (SSSR count). The topological polar surface area (TPSA) is 77.1 Å². The number of nitrogens with zero attached hydrogens (tertiary/aromatic N) is 2. The molecule has 0 bridgehead atoms. The third kappa shape index (κ3) is 3.39. The van der Waals surface area contributed by atoms with Crippen LogP contribution in [0.3, 0.4) is 0 Å². The lowest BCUT2D eigenvalue weighted by Gasteiger charge is -2.03. The maximum absolute atomic E-state index is 13.2. The summed E-state index contributed by atoms with van der Waals surface area (Å²) in [7, 11) is 1.65. The number of carbonyl (C=O) groups is 1. The highest BCUT2D eigenvalue weighted by Gasteiger charge is 2.11. The van der Waals surface area contributed by atoms with E-state index in [9.17, 15) is 14.0 Å². The Labute approximate surface area is 156 Å². The number of thiazole rings is 1. The molecule has 2 heterocycles. The van der Waals surface area contributed by atoms with E-state index in [1.165, 1.54) is 34.1 Å². The molecule has 1 N–H and O–H groups in total. The Kier molecular flexibility index (Phi) is 4.33. The summed E-state index contributed by atoms with van der Waals surface area (Å²) in [6.45, 7) is 0.239. The Balaban J connectivity index is 1.50. The average molecular weight is 383 g/mol. The van der Waals surface area contributed by atoms with Crippen molar-refractivity contribution < 1.29 is 13.6 Å². The van der Waals surface area contributed by atoms with Crippen LogP contribution >= 0.6 is 11.3 Å². The zero-order valence-corrected chi connectivity index (χ0v) is 15.0. The molecular formula is C19H14FN3O3S. The van der Waals surface area contributed by atoms with Gasteiger partial charge in [0.1, 0.15) is 10.8 Å². The Morgan fingerprint density at radius 2 is 2.15 bits per heavy atom. The van der Waals surface area contributed by atoms with E-state index in [1.807, 2.05) is 11.4 Å². The van der Waals surface area contributed by atoms with E-state index in [0.717, 1.165) is 11.3 Å². The summed E-state index contributed by atoms with van der Waals surface area (Å²) in [4.78, 5) is 28.2. The number of hydrogen-bond acceptors (Lipinski definition) is 5. The average Bonchev–Trinajstić information content (AvgIpc) is 3.24. The summed E-state index contributed by atoms with van der Waals surface area (Å²) in [6.07, 6.45) is 0. The van der Waals surface area contributed by atoms with Crippen LogP contribution in [0.5, 0.6) is 0 Å². The van der Waals surface area contributed by atoms with Gasteiger partial charge in [-0.05, 0) is 30.3 Å². The quantitative estimate of drug-likeness (QED) is 0.586. The summed E-state index contributed by atoms with van der Waals surface area (Å²) in [5, 5.41) is 5.31. The van der Waals surface area contributed by atoms with Crippen molar-refractivity contribution in [2.24, 2.45) is 7.05 Å². The van der Waals surface area contributed by atoms with Gasteiger partial charge in [-0.3, -0.25) is 9.36 Å². The Morgan fingerprint density at radius 1 is 1.30 bits per heavy atom. The molecule has 27 heavy (non-hydrogen) atoms. The Morgan fingerprint density at radius 3 is 2.96 bits per heavy atom. The number of aromatic nitrogens is 2. The second-order valence-electron chi connectivity index (χ2n) is 5.93. The minimum absolute atomic E-state index is 0.239. The number of nitrogens with one attached hydrogen (secondary N) is 1. The van der Waals surface area contributed by atoms with E-state index in [2.05, 4.69) is 10.3 Å². The van der Waals surface area contributed by atoms with Gasteiger partial charge in [0.05, 0.1) is 17.8 Å². The van der Waals surface area contributed by atoms with Gasteiger partial charge in [-0.2, -0.15) is 0 Å². The predicted molar refractivity (Wildman–Crippen MR) is 100 cm³/mol. The number of carbonyl (C=O) groups excluding carboxylic acids is 1. The molecule has 0 saturated heterocycles. The summed E-state index contributed by atoms with van der Waals surface area (Å²) in [5.74, 6) is -1.23. The van der Waals surface area contributed by atoms with Gasteiger partial charge >= 0.3 is 5.76 Å². The first-order valence-electron chi connectivity index (χ1n) is 8.09. The van der Waals surface area contributed by atoms with Crippen LogP contribution < -0.4 is 11.1 Å². The molecule has 136 valence electrons. The number of oxazole rings is 1. The van der Waals surface area contributed by atoms with E-state index < -0.39 is 11.6 Å². The van der Waals surface area contributed by atoms with E-state index in [0.29, 0.717) is 16.1 Å². The fourth-order valence-electron chi connectivity index (χ4n) is 2.71. The molecule has 2 aromatic heterocycles. The molecule has 0 spiro atoms. The van der Waals surface area contributed by atoms with Crippen LogP contribution in [-0.2, 0) is 13.6 Å². The highest BCUT2D eigenvalue weighted by atomic mass is 32.1.